The number of nitrogens with zero attached hydrogens (tertiary/aromatic N) is 3. The molecule has 0 aliphatic rings. The lowest BCUT2D eigenvalue weighted by molar-refractivity contribution is -0.137. The summed E-state index contributed by atoms with van der Waals surface area (Å²) in [5.41, 5.74) is 1.01. The molecular weight excluding hydrogens is 293 g/mol. The monoisotopic (exact) mass is 304 g/mol. The summed E-state index contributed by atoms with van der Waals surface area (Å²) in [5.74, 6) is 0.211. The summed E-state index contributed by atoms with van der Waals surface area (Å²) in [6, 6.07) is 0.854. The Labute approximate surface area is 118 Å². The van der Waals surface area contributed by atoms with E-state index in [2.05, 4.69) is 15.4 Å². The van der Waals surface area contributed by atoms with E-state index in [0.29, 0.717) is 6.54 Å². The molecule has 0 fully saturated rings. The molecule has 2 aromatic rings. The van der Waals surface area contributed by atoms with Crippen molar-refractivity contribution in [3.05, 3.63) is 40.3 Å². The van der Waals surface area contributed by atoms with Crippen LogP contribution in [-0.4, -0.2) is 14.8 Å². The minimum Gasteiger partial charge on any atom is -0.365 e. The molecule has 0 spiro atoms. The zero-order valence-electron chi connectivity index (χ0n) is 10.8. The predicted molar refractivity (Wildman–Crippen MR) is 69.5 cm³/mol. The van der Waals surface area contributed by atoms with E-state index < -0.39 is 11.7 Å². The number of hydrogen-bond donors (Lipinski definition) is 1. The fourth-order valence-electron chi connectivity index (χ4n) is 1.62. The van der Waals surface area contributed by atoms with Gasteiger partial charge in [0.25, 0.3) is 0 Å². The Morgan fingerprint density at radius 3 is 2.55 bits per heavy atom. The molecule has 0 aromatic carbocycles. The summed E-state index contributed by atoms with van der Waals surface area (Å²) in [7, 11) is 1.81. The maximum atomic E-state index is 12.5. The smallest absolute Gasteiger partial charge is 0.365 e. The molecule has 0 aliphatic heterocycles. The van der Waals surface area contributed by atoms with Crippen LogP contribution in [0.2, 0.25) is 5.02 Å². The highest BCUT2D eigenvalue weighted by Gasteiger charge is 2.31. The second-order valence-electron chi connectivity index (χ2n) is 4.28. The van der Waals surface area contributed by atoms with Gasteiger partial charge in [0, 0.05) is 31.0 Å². The van der Waals surface area contributed by atoms with Gasteiger partial charge >= 0.3 is 6.18 Å². The van der Waals surface area contributed by atoms with Crippen LogP contribution >= 0.6 is 11.6 Å². The number of rotatable bonds is 3. The lowest BCUT2D eigenvalue weighted by Gasteiger charge is -2.10. The summed E-state index contributed by atoms with van der Waals surface area (Å²) >= 11 is 5.80. The van der Waals surface area contributed by atoms with Crippen LogP contribution in [0, 0.1) is 6.92 Å². The third-order valence-corrected chi connectivity index (χ3v) is 3.24. The average molecular weight is 305 g/mol. The minimum atomic E-state index is -4.45. The first kappa shape index (κ1) is 14.6. The lowest BCUT2D eigenvalue weighted by atomic mass is 10.2. The summed E-state index contributed by atoms with van der Waals surface area (Å²) < 4.78 is 39.1. The molecule has 0 saturated heterocycles. The van der Waals surface area contributed by atoms with Crippen molar-refractivity contribution in [3.63, 3.8) is 0 Å². The second kappa shape index (κ2) is 5.32. The molecule has 2 rings (SSSR count). The third kappa shape index (κ3) is 3.04. The standard InChI is InChI=1S/C12H12ClF3N4/c1-7-8(5-19-20(7)2)4-17-11-10(13)3-9(6-18-11)12(14,15)16/h3,5-6H,4H2,1-2H3,(H,17,18). The van der Waals surface area contributed by atoms with Crippen molar-refractivity contribution in [3.8, 4) is 0 Å². The summed E-state index contributed by atoms with van der Waals surface area (Å²) in [4.78, 5) is 3.71. The number of pyridine rings is 1. The van der Waals surface area contributed by atoms with E-state index in [0.717, 1.165) is 23.5 Å². The maximum absolute atomic E-state index is 12.5. The third-order valence-electron chi connectivity index (χ3n) is 2.95. The Morgan fingerprint density at radius 2 is 2.05 bits per heavy atom. The molecule has 0 atom stereocenters. The number of halogens is 4. The molecule has 4 nitrogen and oxygen atoms in total. The molecular formula is C12H12ClF3N4. The maximum Gasteiger partial charge on any atom is 0.417 e. The predicted octanol–water partition coefficient (Wildman–Crippen LogP) is 3.41. The summed E-state index contributed by atoms with van der Waals surface area (Å²) in [6.07, 6.45) is -2.01. The van der Waals surface area contributed by atoms with Crippen molar-refractivity contribution < 1.29 is 13.2 Å². The fourth-order valence-corrected chi connectivity index (χ4v) is 1.85. The van der Waals surface area contributed by atoms with E-state index in [-0.39, 0.29) is 10.8 Å². The number of anilines is 1. The Balaban J connectivity index is 2.13. The SMILES string of the molecule is Cc1c(CNc2ncc(C(F)(F)F)cc2Cl)cnn1C. The van der Waals surface area contributed by atoms with E-state index in [1.54, 1.807) is 10.9 Å². The molecule has 108 valence electrons. The second-order valence-corrected chi connectivity index (χ2v) is 4.69. The number of alkyl halides is 3. The van der Waals surface area contributed by atoms with Crippen LogP contribution in [0.4, 0.5) is 19.0 Å². The topological polar surface area (TPSA) is 42.7 Å². The van der Waals surface area contributed by atoms with Crippen molar-refractivity contribution in [2.24, 2.45) is 7.05 Å². The molecule has 2 heterocycles. The zero-order valence-corrected chi connectivity index (χ0v) is 11.5. The molecule has 20 heavy (non-hydrogen) atoms. The van der Waals surface area contributed by atoms with Crippen LogP contribution in [0.1, 0.15) is 16.8 Å². The van der Waals surface area contributed by atoms with Crippen molar-refractivity contribution in [1.29, 1.82) is 0 Å². The van der Waals surface area contributed by atoms with Crippen LogP contribution < -0.4 is 5.32 Å². The van der Waals surface area contributed by atoms with Crippen LogP contribution in [0.5, 0.6) is 0 Å². The van der Waals surface area contributed by atoms with Crippen molar-refractivity contribution in [2.45, 2.75) is 19.6 Å². The summed E-state index contributed by atoms with van der Waals surface area (Å²) in [5, 5.41) is 6.90. The lowest BCUT2D eigenvalue weighted by Crippen LogP contribution is -2.08. The van der Waals surface area contributed by atoms with Crippen LogP contribution in [0.3, 0.4) is 0 Å². The minimum absolute atomic E-state index is 0.0682. The molecule has 0 aliphatic carbocycles. The Kier molecular flexibility index (Phi) is 3.89. The van der Waals surface area contributed by atoms with Gasteiger partial charge in [-0.3, -0.25) is 4.68 Å². The van der Waals surface area contributed by atoms with Crippen molar-refractivity contribution in [2.75, 3.05) is 5.32 Å². The van der Waals surface area contributed by atoms with E-state index in [9.17, 15) is 13.2 Å². The zero-order chi connectivity index (χ0) is 14.9. The number of hydrogen-bond acceptors (Lipinski definition) is 3. The highest BCUT2D eigenvalue weighted by Crippen LogP contribution is 2.32. The van der Waals surface area contributed by atoms with Gasteiger partial charge in [-0.1, -0.05) is 11.6 Å². The van der Waals surface area contributed by atoms with E-state index in [1.807, 2.05) is 14.0 Å². The van der Waals surface area contributed by atoms with Crippen LogP contribution in [0.15, 0.2) is 18.5 Å². The van der Waals surface area contributed by atoms with Gasteiger partial charge in [0.1, 0.15) is 5.82 Å². The summed E-state index contributed by atoms with van der Waals surface area (Å²) in [6.45, 7) is 2.28. The molecule has 0 amide bonds. The first-order valence-corrected chi connectivity index (χ1v) is 6.11. The van der Waals surface area contributed by atoms with Crippen molar-refractivity contribution in [1.82, 2.24) is 14.8 Å². The Bertz CT molecular complexity index is 622. The number of aromatic nitrogens is 3. The molecule has 0 saturated carbocycles. The van der Waals surface area contributed by atoms with E-state index in [4.69, 9.17) is 11.6 Å². The van der Waals surface area contributed by atoms with Crippen LogP contribution in [0.25, 0.3) is 0 Å². The normalized spacial score (nSPS) is 11.7. The van der Waals surface area contributed by atoms with Gasteiger partial charge in [0.15, 0.2) is 0 Å². The molecule has 2 aromatic heterocycles. The Hall–Kier alpha value is -1.76. The molecule has 0 bridgehead atoms. The largest absolute Gasteiger partial charge is 0.417 e. The average Bonchev–Trinajstić information content (AvgIpc) is 2.67. The molecule has 8 heteroatoms. The van der Waals surface area contributed by atoms with Gasteiger partial charge < -0.3 is 5.32 Å². The first-order chi connectivity index (χ1) is 9.29. The number of nitrogens with one attached hydrogen (secondary N) is 1. The molecule has 0 unspecified atom stereocenters. The molecule has 1 N–H and O–H groups in total. The van der Waals surface area contributed by atoms with Gasteiger partial charge in [0.05, 0.1) is 16.8 Å². The quantitative estimate of drug-likeness (QED) is 0.945. The number of aryl methyl sites for hydroxylation is 1. The van der Waals surface area contributed by atoms with E-state index in [1.165, 1.54) is 0 Å². The van der Waals surface area contributed by atoms with Crippen molar-refractivity contribution >= 4 is 17.4 Å². The fraction of sp³-hybridized carbons (Fsp3) is 0.333. The Morgan fingerprint density at radius 1 is 1.35 bits per heavy atom. The van der Waals surface area contributed by atoms with Gasteiger partial charge in [-0.2, -0.15) is 18.3 Å². The molecule has 0 radical (unpaired) electrons. The van der Waals surface area contributed by atoms with Gasteiger partial charge in [-0.25, -0.2) is 4.98 Å². The first-order valence-electron chi connectivity index (χ1n) is 5.73. The van der Waals surface area contributed by atoms with Gasteiger partial charge in [-0.05, 0) is 13.0 Å². The van der Waals surface area contributed by atoms with Gasteiger partial charge in [-0.15, -0.1) is 0 Å². The van der Waals surface area contributed by atoms with Gasteiger partial charge in [0.2, 0.25) is 0 Å². The van der Waals surface area contributed by atoms with E-state index >= 15 is 0 Å². The highest BCUT2D eigenvalue weighted by molar-refractivity contribution is 6.32. The van der Waals surface area contributed by atoms with Crippen LogP contribution in [-0.2, 0) is 19.8 Å². The highest BCUT2D eigenvalue weighted by atomic mass is 35.5.